The zero-order valence-corrected chi connectivity index (χ0v) is 8.72. The molecule has 0 saturated heterocycles. The van der Waals surface area contributed by atoms with E-state index in [2.05, 4.69) is 0 Å². The Balaban J connectivity index is 1.94. The predicted octanol–water partition coefficient (Wildman–Crippen LogP) is 2.02. The fraction of sp³-hybridized carbons (Fsp3) is 0.167. The summed E-state index contributed by atoms with van der Waals surface area (Å²) in [4.78, 5) is 0. The summed E-state index contributed by atoms with van der Waals surface area (Å²) in [5.41, 5.74) is 5.42. The Hall–Kier alpha value is -1.94. The van der Waals surface area contributed by atoms with Crippen molar-refractivity contribution in [1.82, 2.24) is 0 Å². The summed E-state index contributed by atoms with van der Waals surface area (Å²) in [5, 5.41) is 9.09. The van der Waals surface area contributed by atoms with Crippen molar-refractivity contribution >= 4 is 0 Å². The minimum atomic E-state index is 0.218. The van der Waals surface area contributed by atoms with Crippen molar-refractivity contribution in [3.63, 3.8) is 0 Å². The molecule has 0 aliphatic carbocycles. The summed E-state index contributed by atoms with van der Waals surface area (Å²) in [6.07, 6.45) is 0. The van der Waals surface area contributed by atoms with E-state index in [0.29, 0.717) is 18.9 Å². The number of hydrogen-bond acceptors (Lipinski definition) is 4. The number of ether oxygens (including phenoxy) is 1. The van der Waals surface area contributed by atoms with Gasteiger partial charge in [-0.3, -0.25) is 0 Å². The molecule has 0 fully saturated rings. The van der Waals surface area contributed by atoms with Crippen LogP contribution < -0.4 is 10.5 Å². The van der Waals surface area contributed by atoms with Gasteiger partial charge in [-0.15, -0.1) is 0 Å². The molecule has 0 atom stereocenters. The van der Waals surface area contributed by atoms with Crippen LogP contribution >= 0.6 is 0 Å². The van der Waals surface area contributed by atoms with Gasteiger partial charge < -0.3 is 20.0 Å². The molecule has 3 N–H and O–H groups in total. The highest BCUT2D eigenvalue weighted by Crippen LogP contribution is 2.17. The Morgan fingerprint density at radius 2 is 1.75 bits per heavy atom. The van der Waals surface area contributed by atoms with Crippen molar-refractivity contribution in [2.45, 2.75) is 13.2 Å². The normalized spacial score (nSPS) is 10.3. The van der Waals surface area contributed by atoms with Gasteiger partial charge in [0.15, 0.2) is 0 Å². The highest BCUT2D eigenvalue weighted by Gasteiger charge is 2.01. The van der Waals surface area contributed by atoms with Crippen molar-refractivity contribution in [3.8, 4) is 11.5 Å². The minimum Gasteiger partial charge on any atom is -0.508 e. The molecule has 0 bridgehead atoms. The van der Waals surface area contributed by atoms with Crippen molar-refractivity contribution in [1.29, 1.82) is 0 Å². The first-order chi connectivity index (χ1) is 7.78. The largest absolute Gasteiger partial charge is 0.508 e. The molecule has 0 aliphatic rings. The van der Waals surface area contributed by atoms with Gasteiger partial charge >= 0.3 is 0 Å². The monoisotopic (exact) mass is 219 g/mol. The molecule has 16 heavy (non-hydrogen) atoms. The second-order valence-corrected chi connectivity index (χ2v) is 3.35. The van der Waals surface area contributed by atoms with E-state index in [1.54, 1.807) is 24.3 Å². The van der Waals surface area contributed by atoms with Gasteiger partial charge in [-0.1, -0.05) is 0 Å². The molecular formula is C12H13NO3. The van der Waals surface area contributed by atoms with Gasteiger partial charge in [-0.05, 0) is 36.4 Å². The molecule has 1 aromatic heterocycles. The van der Waals surface area contributed by atoms with Gasteiger partial charge in [0, 0.05) is 0 Å². The molecule has 4 nitrogen and oxygen atoms in total. The Morgan fingerprint density at radius 1 is 1.06 bits per heavy atom. The topological polar surface area (TPSA) is 68.6 Å². The van der Waals surface area contributed by atoms with E-state index in [1.807, 2.05) is 12.1 Å². The van der Waals surface area contributed by atoms with Crippen LogP contribution in [0.1, 0.15) is 11.5 Å². The van der Waals surface area contributed by atoms with Gasteiger partial charge in [0.1, 0.15) is 29.6 Å². The molecule has 4 heteroatoms. The Kier molecular flexibility index (Phi) is 3.12. The van der Waals surface area contributed by atoms with Gasteiger partial charge in [0.05, 0.1) is 6.54 Å². The average Bonchev–Trinajstić information content (AvgIpc) is 2.76. The number of phenols is 1. The molecule has 1 aromatic carbocycles. The van der Waals surface area contributed by atoms with Crippen LogP contribution in [0.5, 0.6) is 11.5 Å². The first kappa shape index (κ1) is 10.6. The predicted molar refractivity (Wildman–Crippen MR) is 59.0 cm³/mol. The van der Waals surface area contributed by atoms with E-state index in [0.717, 1.165) is 11.5 Å². The van der Waals surface area contributed by atoms with E-state index in [4.69, 9.17) is 20.0 Å². The zero-order chi connectivity index (χ0) is 11.4. The molecule has 0 unspecified atom stereocenters. The standard InChI is InChI=1S/C12H13NO3/c13-7-11-5-6-12(16-11)8-15-10-3-1-9(14)2-4-10/h1-6,14H,7-8,13H2. The Morgan fingerprint density at radius 3 is 2.38 bits per heavy atom. The zero-order valence-electron chi connectivity index (χ0n) is 8.72. The SMILES string of the molecule is NCc1ccc(COc2ccc(O)cc2)o1. The molecule has 0 spiro atoms. The van der Waals surface area contributed by atoms with Gasteiger partial charge in [-0.25, -0.2) is 0 Å². The minimum absolute atomic E-state index is 0.218. The smallest absolute Gasteiger partial charge is 0.146 e. The number of phenolic OH excluding ortho intramolecular Hbond substituents is 1. The summed E-state index contributed by atoms with van der Waals surface area (Å²) >= 11 is 0. The van der Waals surface area contributed by atoms with Crippen molar-refractivity contribution in [3.05, 3.63) is 47.9 Å². The fourth-order valence-corrected chi connectivity index (χ4v) is 1.31. The van der Waals surface area contributed by atoms with Crippen LogP contribution in [0.4, 0.5) is 0 Å². The third kappa shape index (κ3) is 2.55. The molecule has 0 aliphatic heterocycles. The summed E-state index contributed by atoms with van der Waals surface area (Å²) in [6, 6.07) is 10.2. The maximum Gasteiger partial charge on any atom is 0.146 e. The molecule has 0 radical (unpaired) electrons. The van der Waals surface area contributed by atoms with E-state index in [-0.39, 0.29) is 5.75 Å². The van der Waals surface area contributed by atoms with Crippen LogP contribution in [-0.2, 0) is 13.2 Å². The van der Waals surface area contributed by atoms with E-state index < -0.39 is 0 Å². The third-order valence-electron chi connectivity index (χ3n) is 2.14. The van der Waals surface area contributed by atoms with Crippen LogP contribution in [0.2, 0.25) is 0 Å². The molecule has 0 amide bonds. The lowest BCUT2D eigenvalue weighted by molar-refractivity contribution is 0.266. The highest BCUT2D eigenvalue weighted by molar-refractivity contribution is 5.30. The summed E-state index contributed by atoms with van der Waals surface area (Å²) < 4.78 is 10.8. The third-order valence-corrected chi connectivity index (χ3v) is 2.14. The molecule has 1 heterocycles. The van der Waals surface area contributed by atoms with Crippen LogP contribution in [0.25, 0.3) is 0 Å². The maximum absolute atomic E-state index is 9.09. The fourth-order valence-electron chi connectivity index (χ4n) is 1.31. The lowest BCUT2D eigenvalue weighted by Crippen LogP contribution is -1.95. The van der Waals surface area contributed by atoms with E-state index in [9.17, 15) is 0 Å². The molecule has 2 rings (SSSR count). The lowest BCUT2D eigenvalue weighted by atomic mass is 10.3. The second-order valence-electron chi connectivity index (χ2n) is 3.35. The Labute approximate surface area is 93.3 Å². The van der Waals surface area contributed by atoms with Gasteiger partial charge in [0.2, 0.25) is 0 Å². The Bertz CT molecular complexity index is 448. The molecule has 0 saturated carbocycles. The number of aromatic hydroxyl groups is 1. The average molecular weight is 219 g/mol. The van der Waals surface area contributed by atoms with Crippen molar-refractivity contribution < 1.29 is 14.3 Å². The van der Waals surface area contributed by atoms with Crippen LogP contribution in [0.3, 0.4) is 0 Å². The highest BCUT2D eigenvalue weighted by atomic mass is 16.5. The summed E-state index contributed by atoms with van der Waals surface area (Å²) in [5.74, 6) is 2.37. The number of rotatable bonds is 4. The number of furan rings is 1. The summed E-state index contributed by atoms with van der Waals surface area (Å²) in [6.45, 7) is 0.740. The van der Waals surface area contributed by atoms with Crippen molar-refractivity contribution in [2.24, 2.45) is 5.73 Å². The molecular weight excluding hydrogens is 206 g/mol. The first-order valence-corrected chi connectivity index (χ1v) is 4.97. The van der Waals surface area contributed by atoms with Gasteiger partial charge in [-0.2, -0.15) is 0 Å². The van der Waals surface area contributed by atoms with Gasteiger partial charge in [0.25, 0.3) is 0 Å². The number of benzene rings is 1. The molecule has 2 aromatic rings. The lowest BCUT2D eigenvalue weighted by Gasteiger charge is -2.03. The maximum atomic E-state index is 9.09. The van der Waals surface area contributed by atoms with Crippen molar-refractivity contribution in [2.75, 3.05) is 0 Å². The second kappa shape index (κ2) is 4.72. The number of nitrogens with two attached hydrogens (primary N) is 1. The first-order valence-electron chi connectivity index (χ1n) is 4.97. The van der Waals surface area contributed by atoms with Crippen LogP contribution in [0.15, 0.2) is 40.8 Å². The summed E-state index contributed by atoms with van der Waals surface area (Å²) in [7, 11) is 0. The quantitative estimate of drug-likeness (QED) is 0.825. The van der Waals surface area contributed by atoms with E-state index in [1.165, 1.54) is 0 Å². The van der Waals surface area contributed by atoms with Crippen LogP contribution in [-0.4, -0.2) is 5.11 Å². The molecule has 84 valence electrons. The van der Waals surface area contributed by atoms with E-state index >= 15 is 0 Å². The number of hydrogen-bond donors (Lipinski definition) is 2. The van der Waals surface area contributed by atoms with Crippen LogP contribution in [0, 0.1) is 0 Å².